The molecular weight excluding hydrogens is 383 g/mol. The Morgan fingerprint density at radius 2 is 1.75 bits per heavy atom. The van der Waals surface area contributed by atoms with Gasteiger partial charge in [0.2, 0.25) is 5.91 Å². The van der Waals surface area contributed by atoms with Crippen molar-refractivity contribution in [3.63, 3.8) is 0 Å². The van der Waals surface area contributed by atoms with Crippen molar-refractivity contribution in [1.82, 2.24) is 4.90 Å². The molecule has 2 aromatic rings. The van der Waals surface area contributed by atoms with Gasteiger partial charge < -0.3 is 15.0 Å². The summed E-state index contributed by atoms with van der Waals surface area (Å²) in [4.78, 5) is 39.7. The van der Waals surface area contributed by atoms with E-state index >= 15 is 0 Å². The minimum atomic E-state index is -0.664. The molecule has 0 aliphatic heterocycles. The Bertz CT molecular complexity index is 856. The largest absolute Gasteiger partial charge is 0.451 e. The Morgan fingerprint density at radius 3 is 2.29 bits per heavy atom. The molecule has 2 amide bonds. The van der Waals surface area contributed by atoms with Crippen LogP contribution >= 0.6 is 11.3 Å². The zero-order valence-corrected chi connectivity index (χ0v) is 17.1. The molecular formula is C20H23FN2O4S. The Labute approximate surface area is 167 Å². The molecule has 2 rings (SSSR count). The van der Waals surface area contributed by atoms with Crippen LogP contribution in [0.1, 0.15) is 35.3 Å². The second-order valence-electron chi connectivity index (χ2n) is 7.19. The molecule has 1 aromatic carbocycles. The predicted molar refractivity (Wildman–Crippen MR) is 106 cm³/mol. The van der Waals surface area contributed by atoms with Gasteiger partial charge in [0.25, 0.3) is 5.91 Å². The first-order chi connectivity index (χ1) is 13.1. The summed E-state index contributed by atoms with van der Waals surface area (Å²) < 4.78 is 18.1. The lowest BCUT2D eigenvalue weighted by atomic mass is 10.1. The van der Waals surface area contributed by atoms with Crippen molar-refractivity contribution < 1.29 is 23.5 Å². The SMILES string of the molecule is Cc1ccc(C(=O)OCC(=O)N(CC(=O)Nc2ccc(F)cc2)C(C)(C)C)s1. The fraction of sp³-hybridized carbons (Fsp3) is 0.350. The van der Waals surface area contributed by atoms with Crippen LogP contribution in [0.3, 0.4) is 0 Å². The van der Waals surface area contributed by atoms with Crippen LogP contribution in [0, 0.1) is 12.7 Å². The van der Waals surface area contributed by atoms with Crippen molar-refractivity contribution in [2.75, 3.05) is 18.5 Å². The molecule has 0 fully saturated rings. The van der Waals surface area contributed by atoms with Crippen LogP contribution in [0.5, 0.6) is 0 Å². The van der Waals surface area contributed by atoms with E-state index in [0.29, 0.717) is 10.6 Å². The number of nitrogens with zero attached hydrogens (tertiary/aromatic N) is 1. The van der Waals surface area contributed by atoms with Crippen LogP contribution in [0.25, 0.3) is 0 Å². The van der Waals surface area contributed by atoms with Crippen molar-refractivity contribution in [1.29, 1.82) is 0 Å². The molecule has 28 heavy (non-hydrogen) atoms. The summed E-state index contributed by atoms with van der Waals surface area (Å²) in [6.07, 6.45) is 0. The summed E-state index contributed by atoms with van der Waals surface area (Å²) in [5.41, 5.74) is -0.240. The number of hydrogen-bond donors (Lipinski definition) is 1. The highest BCUT2D eigenvalue weighted by Gasteiger charge is 2.29. The molecule has 0 bridgehead atoms. The van der Waals surface area contributed by atoms with E-state index in [0.717, 1.165) is 4.88 Å². The summed E-state index contributed by atoms with van der Waals surface area (Å²) >= 11 is 1.28. The molecule has 0 radical (unpaired) electrons. The van der Waals surface area contributed by atoms with Gasteiger partial charge in [-0.1, -0.05) is 0 Å². The lowest BCUT2D eigenvalue weighted by Crippen LogP contribution is -2.50. The van der Waals surface area contributed by atoms with Gasteiger partial charge in [0, 0.05) is 16.1 Å². The predicted octanol–water partition coefficient (Wildman–Crippen LogP) is 3.62. The molecule has 0 saturated carbocycles. The molecule has 1 heterocycles. The number of carbonyl (C=O) groups excluding carboxylic acids is 3. The highest BCUT2D eigenvalue weighted by molar-refractivity contribution is 7.13. The summed E-state index contributed by atoms with van der Waals surface area (Å²) in [5, 5.41) is 2.61. The molecule has 8 heteroatoms. The van der Waals surface area contributed by atoms with E-state index in [1.54, 1.807) is 32.9 Å². The van der Waals surface area contributed by atoms with Gasteiger partial charge in [-0.05, 0) is 64.1 Å². The first-order valence-electron chi connectivity index (χ1n) is 8.66. The summed E-state index contributed by atoms with van der Waals surface area (Å²) in [7, 11) is 0. The fourth-order valence-corrected chi connectivity index (χ4v) is 3.16. The topological polar surface area (TPSA) is 75.7 Å². The normalized spacial score (nSPS) is 11.0. The van der Waals surface area contributed by atoms with E-state index in [4.69, 9.17) is 4.74 Å². The number of rotatable bonds is 6. The molecule has 0 spiro atoms. The lowest BCUT2D eigenvalue weighted by molar-refractivity contribution is -0.142. The van der Waals surface area contributed by atoms with Crippen molar-refractivity contribution >= 4 is 34.8 Å². The maximum atomic E-state index is 13.0. The summed E-state index contributed by atoms with van der Waals surface area (Å²) in [6, 6.07) is 8.76. The van der Waals surface area contributed by atoms with E-state index in [2.05, 4.69) is 5.32 Å². The average molecular weight is 406 g/mol. The van der Waals surface area contributed by atoms with Crippen LogP contribution < -0.4 is 5.32 Å². The molecule has 150 valence electrons. The number of aryl methyl sites for hydroxylation is 1. The van der Waals surface area contributed by atoms with Crippen molar-refractivity contribution in [3.8, 4) is 0 Å². The van der Waals surface area contributed by atoms with E-state index in [1.807, 2.05) is 6.92 Å². The highest BCUT2D eigenvalue weighted by atomic mass is 32.1. The number of esters is 1. The number of carbonyl (C=O) groups is 3. The second kappa shape index (κ2) is 8.97. The number of amides is 2. The summed E-state index contributed by atoms with van der Waals surface area (Å²) in [5.74, 6) is -1.90. The van der Waals surface area contributed by atoms with Crippen LogP contribution in [0.15, 0.2) is 36.4 Å². The highest BCUT2D eigenvalue weighted by Crippen LogP contribution is 2.17. The molecule has 6 nitrogen and oxygen atoms in total. The lowest BCUT2D eigenvalue weighted by Gasteiger charge is -2.35. The number of thiophene rings is 1. The van der Waals surface area contributed by atoms with Gasteiger partial charge in [0.1, 0.15) is 17.2 Å². The number of benzene rings is 1. The molecule has 0 unspecified atom stereocenters. The minimum absolute atomic E-state index is 0.227. The number of halogens is 1. The third-order valence-corrected chi connectivity index (χ3v) is 4.79. The third-order valence-electron chi connectivity index (χ3n) is 3.81. The maximum Gasteiger partial charge on any atom is 0.348 e. The Balaban J connectivity index is 1.97. The van der Waals surface area contributed by atoms with Gasteiger partial charge in [-0.15, -0.1) is 11.3 Å². The van der Waals surface area contributed by atoms with Crippen LogP contribution in [0.4, 0.5) is 10.1 Å². The van der Waals surface area contributed by atoms with Crippen LogP contribution in [-0.4, -0.2) is 41.4 Å². The monoisotopic (exact) mass is 406 g/mol. The van der Waals surface area contributed by atoms with Crippen molar-refractivity contribution in [3.05, 3.63) is 52.0 Å². The van der Waals surface area contributed by atoms with Crippen molar-refractivity contribution in [2.24, 2.45) is 0 Å². The van der Waals surface area contributed by atoms with Gasteiger partial charge in [-0.2, -0.15) is 0 Å². The van der Waals surface area contributed by atoms with Crippen LogP contribution in [-0.2, 0) is 14.3 Å². The number of ether oxygens (including phenoxy) is 1. The zero-order valence-electron chi connectivity index (χ0n) is 16.2. The Hall–Kier alpha value is -2.74. The number of nitrogens with one attached hydrogen (secondary N) is 1. The third kappa shape index (κ3) is 6.16. The quantitative estimate of drug-likeness (QED) is 0.744. The van der Waals surface area contributed by atoms with Gasteiger partial charge >= 0.3 is 5.97 Å². The van der Waals surface area contributed by atoms with E-state index < -0.39 is 35.7 Å². The molecule has 0 saturated heterocycles. The van der Waals surface area contributed by atoms with E-state index in [9.17, 15) is 18.8 Å². The van der Waals surface area contributed by atoms with Crippen molar-refractivity contribution in [2.45, 2.75) is 33.2 Å². The molecule has 0 atom stereocenters. The van der Waals surface area contributed by atoms with Gasteiger partial charge in [-0.25, -0.2) is 9.18 Å². The van der Waals surface area contributed by atoms with Gasteiger partial charge in [-0.3, -0.25) is 9.59 Å². The standard InChI is InChI=1S/C20H23FN2O4S/c1-13-5-10-16(28-13)19(26)27-12-18(25)23(20(2,3)4)11-17(24)22-15-8-6-14(21)7-9-15/h5-10H,11-12H2,1-4H3,(H,22,24). The Kier molecular flexibility index (Phi) is 6.90. The zero-order chi connectivity index (χ0) is 20.9. The Morgan fingerprint density at radius 1 is 1.11 bits per heavy atom. The maximum absolute atomic E-state index is 13.0. The second-order valence-corrected chi connectivity index (χ2v) is 8.48. The molecule has 0 aliphatic rings. The van der Waals surface area contributed by atoms with E-state index in [-0.39, 0.29) is 6.54 Å². The molecule has 0 aliphatic carbocycles. The fourth-order valence-electron chi connectivity index (χ4n) is 2.40. The van der Waals surface area contributed by atoms with Gasteiger partial charge in [0.05, 0.1) is 0 Å². The molecule has 1 N–H and O–H groups in total. The van der Waals surface area contributed by atoms with Gasteiger partial charge in [0.15, 0.2) is 6.61 Å². The number of hydrogen-bond acceptors (Lipinski definition) is 5. The summed E-state index contributed by atoms with van der Waals surface area (Å²) in [6.45, 7) is 6.52. The molecule has 1 aromatic heterocycles. The van der Waals surface area contributed by atoms with E-state index in [1.165, 1.54) is 40.5 Å². The number of anilines is 1. The average Bonchev–Trinajstić information content (AvgIpc) is 3.05. The van der Waals surface area contributed by atoms with Crippen LogP contribution in [0.2, 0.25) is 0 Å². The first kappa shape index (κ1) is 21.6. The minimum Gasteiger partial charge on any atom is -0.451 e. The first-order valence-corrected chi connectivity index (χ1v) is 9.47. The smallest absolute Gasteiger partial charge is 0.348 e.